The predicted octanol–water partition coefficient (Wildman–Crippen LogP) is 4.04. The van der Waals surface area contributed by atoms with Gasteiger partial charge in [-0.2, -0.15) is 0 Å². The van der Waals surface area contributed by atoms with Crippen LogP contribution in [0.5, 0.6) is 5.75 Å². The van der Waals surface area contributed by atoms with Gasteiger partial charge in [-0.25, -0.2) is 9.97 Å². The first-order valence-corrected chi connectivity index (χ1v) is 10.8. The molecule has 1 unspecified atom stereocenters. The third-order valence-corrected chi connectivity index (χ3v) is 6.65. The number of hydrogen-bond acceptors (Lipinski definition) is 6. The number of hydrogen-bond donors (Lipinski definition) is 1. The molecule has 4 aromatic rings. The predicted molar refractivity (Wildman–Crippen MR) is 117 cm³/mol. The number of fused-ring (bicyclic) bond motifs is 1. The van der Waals surface area contributed by atoms with Gasteiger partial charge in [0.25, 0.3) is 0 Å². The maximum atomic E-state index is 12.7. The molecule has 6 nitrogen and oxygen atoms in total. The molecule has 0 aliphatic heterocycles. The van der Waals surface area contributed by atoms with Crippen LogP contribution in [-0.4, -0.2) is 33.3 Å². The van der Waals surface area contributed by atoms with Gasteiger partial charge >= 0.3 is 0 Å². The van der Waals surface area contributed by atoms with E-state index in [1.807, 2.05) is 66.3 Å². The maximum Gasteiger partial charge on any atom is 0.231 e. The van der Waals surface area contributed by atoms with Gasteiger partial charge in [0.15, 0.2) is 4.34 Å². The Morgan fingerprint density at radius 2 is 2.03 bits per heavy atom. The molecule has 29 heavy (non-hydrogen) atoms. The summed E-state index contributed by atoms with van der Waals surface area (Å²) in [4.78, 5) is 21.7. The first-order valence-electron chi connectivity index (χ1n) is 9.03. The van der Waals surface area contributed by atoms with E-state index >= 15 is 0 Å². The van der Waals surface area contributed by atoms with Crippen molar-refractivity contribution in [2.45, 2.75) is 10.4 Å². The molecule has 0 spiro atoms. The quantitative estimate of drug-likeness (QED) is 0.454. The highest BCUT2D eigenvalue weighted by atomic mass is 32.2. The summed E-state index contributed by atoms with van der Waals surface area (Å²) in [6, 6.07) is 15.3. The highest BCUT2D eigenvalue weighted by Crippen LogP contribution is 2.29. The highest BCUT2D eigenvalue weighted by Gasteiger charge is 2.21. The number of aromatic nitrogens is 3. The number of thiazole rings is 1. The molecule has 0 saturated heterocycles. The Kier molecular flexibility index (Phi) is 5.82. The van der Waals surface area contributed by atoms with Gasteiger partial charge in [-0.05, 0) is 29.8 Å². The molecule has 1 N–H and O–H groups in total. The Bertz CT molecular complexity index is 1090. The summed E-state index contributed by atoms with van der Waals surface area (Å²) in [6.07, 6.45) is 3.60. The van der Waals surface area contributed by atoms with Crippen LogP contribution in [0.2, 0.25) is 0 Å². The van der Waals surface area contributed by atoms with E-state index in [2.05, 4.69) is 15.3 Å². The number of benzene rings is 2. The number of nitrogens with one attached hydrogen (secondary N) is 1. The standard InChI is InChI=1S/C21H20N4O2S2/c1-25-12-11-22-20(25)19(14-7-9-15(27-2)10-8-14)24-18(26)13-28-21-23-16-5-3-4-6-17(16)29-21/h3-12,19H,13H2,1-2H3,(H,24,26). The lowest BCUT2D eigenvalue weighted by molar-refractivity contribution is -0.119. The lowest BCUT2D eigenvalue weighted by Crippen LogP contribution is -2.32. The lowest BCUT2D eigenvalue weighted by atomic mass is 10.1. The van der Waals surface area contributed by atoms with Crippen molar-refractivity contribution in [2.75, 3.05) is 12.9 Å². The largest absolute Gasteiger partial charge is 0.497 e. The molecule has 2 aromatic heterocycles. The number of nitrogens with zero attached hydrogens (tertiary/aromatic N) is 3. The zero-order valence-corrected chi connectivity index (χ0v) is 17.7. The molecule has 4 rings (SSSR count). The summed E-state index contributed by atoms with van der Waals surface area (Å²) in [5.41, 5.74) is 1.91. The second kappa shape index (κ2) is 8.67. The molecule has 1 atom stereocenters. The summed E-state index contributed by atoms with van der Waals surface area (Å²) in [5, 5.41) is 3.11. The lowest BCUT2D eigenvalue weighted by Gasteiger charge is -2.19. The second-order valence-corrected chi connectivity index (χ2v) is 8.66. The van der Waals surface area contributed by atoms with Gasteiger partial charge in [0, 0.05) is 19.4 Å². The van der Waals surface area contributed by atoms with E-state index in [-0.39, 0.29) is 17.7 Å². The number of imidazole rings is 1. The Balaban J connectivity index is 1.49. The van der Waals surface area contributed by atoms with Gasteiger partial charge in [0.05, 0.1) is 23.1 Å². The zero-order chi connectivity index (χ0) is 20.2. The smallest absolute Gasteiger partial charge is 0.231 e. The van der Waals surface area contributed by atoms with Gasteiger partial charge in [-0.15, -0.1) is 11.3 Å². The molecular formula is C21H20N4O2S2. The van der Waals surface area contributed by atoms with Crippen molar-refractivity contribution in [1.82, 2.24) is 19.9 Å². The Morgan fingerprint density at radius 3 is 2.72 bits per heavy atom. The molecule has 148 valence electrons. The van der Waals surface area contributed by atoms with Crippen molar-refractivity contribution in [3.8, 4) is 5.75 Å². The van der Waals surface area contributed by atoms with E-state index in [0.29, 0.717) is 0 Å². The molecular weight excluding hydrogens is 404 g/mol. The van der Waals surface area contributed by atoms with Gasteiger partial charge < -0.3 is 14.6 Å². The van der Waals surface area contributed by atoms with E-state index in [9.17, 15) is 4.79 Å². The minimum absolute atomic E-state index is 0.0712. The van der Waals surface area contributed by atoms with E-state index < -0.39 is 0 Å². The summed E-state index contributed by atoms with van der Waals surface area (Å²) in [7, 11) is 3.55. The first kappa shape index (κ1) is 19.5. The van der Waals surface area contributed by atoms with E-state index in [0.717, 1.165) is 31.7 Å². The van der Waals surface area contributed by atoms with Gasteiger partial charge in [-0.3, -0.25) is 4.79 Å². The minimum Gasteiger partial charge on any atom is -0.497 e. The van der Waals surface area contributed by atoms with Crippen molar-refractivity contribution in [1.29, 1.82) is 0 Å². The SMILES string of the molecule is COc1ccc(C(NC(=O)CSc2nc3ccccc3s2)c2nccn2C)cc1. The fourth-order valence-corrected chi connectivity index (χ4v) is 4.87. The summed E-state index contributed by atoms with van der Waals surface area (Å²) >= 11 is 3.05. The third kappa shape index (κ3) is 4.44. The molecule has 1 amide bonds. The molecule has 0 aliphatic rings. The molecule has 0 bridgehead atoms. The van der Waals surface area contributed by atoms with Crippen LogP contribution in [-0.2, 0) is 11.8 Å². The number of rotatable bonds is 7. The van der Waals surface area contributed by atoms with Gasteiger partial charge in [0.2, 0.25) is 5.91 Å². The van der Waals surface area contributed by atoms with Crippen LogP contribution in [0.3, 0.4) is 0 Å². The number of amides is 1. The van der Waals surface area contributed by atoms with E-state index in [1.54, 1.807) is 24.6 Å². The fourth-order valence-electron chi connectivity index (χ4n) is 2.99. The number of carbonyl (C=O) groups is 1. The number of aryl methyl sites for hydroxylation is 1. The van der Waals surface area contributed by atoms with Gasteiger partial charge in [0.1, 0.15) is 17.6 Å². The Morgan fingerprint density at radius 1 is 1.24 bits per heavy atom. The molecule has 0 fully saturated rings. The average Bonchev–Trinajstić information content (AvgIpc) is 3.36. The van der Waals surface area contributed by atoms with Crippen molar-refractivity contribution in [2.24, 2.45) is 7.05 Å². The number of ether oxygens (including phenoxy) is 1. The monoisotopic (exact) mass is 424 g/mol. The minimum atomic E-state index is -0.343. The van der Waals surface area contributed by atoms with Crippen molar-refractivity contribution in [3.63, 3.8) is 0 Å². The zero-order valence-electron chi connectivity index (χ0n) is 16.0. The van der Waals surface area contributed by atoms with Crippen molar-refractivity contribution < 1.29 is 9.53 Å². The van der Waals surface area contributed by atoms with Crippen molar-refractivity contribution in [3.05, 3.63) is 72.3 Å². The molecule has 0 aliphatic carbocycles. The summed E-state index contributed by atoms with van der Waals surface area (Å²) < 4.78 is 9.17. The van der Waals surface area contributed by atoms with Crippen LogP contribution in [0.1, 0.15) is 17.4 Å². The van der Waals surface area contributed by atoms with Crippen LogP contribution < -0.4 is 10.1 Å². The third-order valence-electron chi connectivity index (χ3n) is 4.47. The van der Waals surface area contributed by atoms with Crippen LogP contribution in [0.25, 0.3) is 10.2 Å². The summed E-state index contributed by atoms with van der Waals surface area (Å²) in [6.45, 7) is 0. The maximum absolute atomic E-state index is 12.7. The topological polar surface area (TPSA) is 69.0 Å². The van der Waals surface area contributed by atoms with Crippen LogP contribution >= 0.6 is 23.1 Å². The number of carbonyl (C=O) groups excluding carboxylic acids is 1. The van der Waals surface area contributed by atoms with Gasteiger partial charge in [-0.1, -0.05) is 36.0 Å². The molecule has 2 aromatic carbocycles. The van der Waals surface area contributed by atoms with Crippen LogP contribution in [0.4, 0.5) is 0 Å². The Hall–Kier alpha value is -2.84. The second-order valence-electron chi connectivity index (χ2n) is 6.41. The Labute approximate surface area is 176 Å². The van der Waals surface area contributed by atoms with Crippen LogP contribution in [0.15, 0.2) is 65.3 Å². The highest BCUT2D eigenvalue weighted by molar-refractivity contribution is 8.01. The van der Waals surface area contributed by atoms with Crippen LogP contribution in [0, 0.1) is 0 Å². The molecule has 2 heterocycles. The molecule has 0 saturated carbocycles. The van der Waals surface area contributed by atoms with E-state index in [4.69, 9.17) is 4.74 Å². The molecule has 0 radical (unpaired) electrons. The number of thioether (sulfide) groups is 1. The number of methoxy groups -OCH3 is 1. The average molecular weight is 425 g/mol. The molecule has 8 heteroatoms. The fraction of sp³-hybridized carbons (Fsp3) is 0.190. The summed E-state index contributed by atoms with van der Waals surface area (Å²) in [5.74, 6) is 1.76. The first-order chi connectivity index (χ1) is 14.1. The normalized spacial score (nSPS) is 12.1. The number of para-hydroxylation sites is 1. The van der Waals surface area contributed by atoms with Crippen molar-refractivity contribution >= 4 is 39.2 Å². The van der Waals surface area contributed by atoms with E-state index in [1.165, 1.54) is 11.8 Å².